The van der Waals surface area contributed by atoms with Crippen molar-refractivity contribution in [3.05, 3.63) is 0 Å². The summed E-state index contributed by atoms with van der Waals surface area (Å²) in [5.74, 6) is 0. The van der Waals surface area contributed by atoms with Gasteiger partial charge in [-0.05, 0) is 13.3 Å². The van der Waals surface area contributed by atoms with Gasteiger partial charge in [0.05, 0.1) is 5.41 Å². The summed E-state index contributed by atoms with van der Waals surface area (Å²) in [4.78, 5) is 8.56. The minimum Gasteiger partial charge on any atom is -0.450 e. The number of rotatable bonds is 0. The van der Waals surface area contributed by atoms with Crippen LogP contribution < -0.4 is 0 Å². The Labute approximate surface area is 87.4 Å². The smallest absolute Gasteiger partial charge is 0.450 e. The average Bonchev–Trinajstić information content (AvgIpc) is 2.29. The van der Waals surface area contributed by atoms with Crippen molar-refractivity contribution < 1.29 is 28.2 Å². The van der Waals surface area contributed by atoms with Crippen LogP contribution in [0.2, 0.25) is 0 Å². The lowest BCUT2D eigenvalue weighted by atomic mass is 10.1. The van der Waals surface area contributed by atoms with Gasteiger partial charge in [0.2, 0.25) is 0 Å². The largest absolute Gasteiger partial charge is 0.503 e. The Hall–Kier alpha value is -0.360. The molecule has 1 fully saturated rings. The van der Waals surface area contributed by atoms with Gasteiger partial charge in [0.25, 0.3) is 0 Å². The van der Waals surface area contributed by atoms with Gasteiger partial charge in [0, 0.05) is 0 Å². The number of halogens is 5. The van der Waals surface area contributed by atoms with E-state index in [2.05, 4.69) is 0 Å². The third kappa shape index (κ3) is 2.81. The zero-order valence-electron chi connectivity index (χ0n) is 6.90. The maximum atomic E-state index is 12.0. The molecule has 0 aromatic rings. The van der Waals surface area contributed by atoms with Crippen molar-refractivity contribution in [1.29, 1.82) is 0 Å². The molecule has 0 heterocycles. The predicted octanol–water partition coefficient (Wildman–Crippen LogP) is 3.36. The molecular formula is C6H7Cl2F3O3. The van der Waals surface area contributed by atoms with Crippen molar-refractivity contribution in [1.82, 2.24) is 0 Å². The third-order valence-electron chi connectivity index (χ3n) is 1.88. The summed E-state index contributed by atoms with van der Waals surface area (Å²) < 4.78 is 34.3. The minimum atomic E-state index is -4.28. The number of hydrogen-bond donors (Lipinski definition) is 2. The zero-order valence-corrected chi connectivity index (χ0v) is 8.41. The highest BCUT2D eigenvalue weighted by atomic mass is 35.5. The van der Waals surface area contributed by atoms with Crippen LogP contribution in [0.15, 0.2) is 0 Å². The van der Waals surface area contributed by atoms with Crippen LogP contribution in [-0.2, 0) is 0 Å². The standard InChI is InChI=1S/C5H5Cl2F3.CH2O3/c1-3(5(8,9)10)2-4(3,6)7;2-1(3)4/h2H2,1H3;(H2,2,3,4). The summed E-state index contributed by atoms with van der Waals surface area (Å²) in [5, 5.41) is 13.9. The first-order valence-electron chi connectivity index (χ1n) is 3.30. The zero-order chi connectivity index (χ0) is 11.8. The van der Waals surface area contributed by atoms with E-state index in [0.29, 0.717) is 0 Å². The Morgan fingerprint density at radius 1 is 1.36 bits per heavy atom. The van der Waals surface area contributed by atoms with Crippen molar-refractivity contribution >= 4 is 29.4 Å². The van der Waals surface area contributed by atoms with E-state index < -0.39 is 22.1 Å². The molecule has 0 aliphatic heterocycles. The molecule has 14 heavy (non-hydrogen) atoms. The van der Waals surface area contributed by atoms with E-state index in [9.17, 15) is 13.2 Å². The summed E-state index contributed by atoms with van der Waals surface area (Å²) >= 11 is 10.6. The van der Waals surface area contributed by atoms with E-state index in [1.807, 2.05) is 0 Å². The molecule has 0 aromatic heterocycles. The maximum Gasteiger partial charge on any atom is 0.503 e. The Kier molecular flexibility index (Phi) is 3.56. The summed E-state index contributed by atoms with van der Waals surface area (Å²) in [7, 11) is 0. The topological polar surface area (TPSA) is 57.5 Å². The predicted molar refractivity (Wildman–Crippen MR) is 43.9 cm³/mol. The molecule has 8 heteroatoms. The Balaban J connectivity index is 0.000000364. The molecule has 0 bridgehead atoms. The highest BCUT2D eigenvalue weighted by Gasteiger charge is 2.76. The molecule has 2 N–H and O–H groups in total. The molecule has 1 saturated carbocycles. The lowest BCUT2D eigenvalue weighted by Crippen LogP contribution is -2.26. The van der Waals surface area contributed by atoms with E-state index >= 15 is 0 Å². The summed E-state index contributed by atoms with van der Waals surface area (Å²) in [5.41, 5.74) is -1.89. The normalized spacial score (nSPS) is 28.7. The number of carboxylic acid groups (broad SMARTS) is 2. The van der Waals surface area contributed by atoms with E-state index in [4.69, 9.17) is 38.2 Å². The van der Waals surface area contributed by atoms with Crippen LogP contribution in [0, 0.1) is 5.41 Å². The molecule has 1 aliphatic rings. The Morgan fingerprint density at radius 3 is 1.57 bits per heavy atom. The lowest BCUT2D eigenvalue weighted by molar-refractivity contribution is -0.182. The monoisotopic (exact) mass is 254 g/mol. The van der Waals surface area contributed by atoms with Crippen LogP contribution in [0.4, 0.5) is 18.0 Å². The SMILES string of the molecule is CC1(C(F)(F)F)CC1(Cl)Cl.O=C(O)O. The van der Waals surface area contributed by atoms with E-state index in [0.717, 1.165) is 6.92 Å². The second-order valence-corrected chi connectivity index (χ2v) is 4.48. The van der Waals surface area contributed by atoms with Crippen molar-refractivity contribution in [2.45, 2.75) is 23.9 Å². The van der Waals surface area contributed by atoms with Crippen molar-refractivity contribution in [2.75, 3.05) is 0 Å². The van der Waals surface area contributed by atoms with Gasteiger partial charge in [0.15, 0.2) is 0 Å². The van der Waals surface area contributed by atoms with E-state index in [-0.39, 0.29) is 6.42 Å². The van der Waals surface area contributed by atoms with Gasteiger partial charge in [-0.15, -0.1) is 23.2 Å². The van der Waals surface area contributed by atoms with Crippen molar-refractivity contribution in [2.24, 2.45) is 5.41 Å². The summed E-state index contributed by atoms with van der Waals surface area (Å²) in [6.45, 7) is 1.02. The number of alkyl halides is 5. The molecule has 1 aliphatic carbocycles. The van der Waals surface area contributed by atoms with Crippen LogP contribution >= 0.6 is 23.2 Å². The van der Waals surface area contributed by atoms with E-state index in [1.165, 1.54) is 0 Å². The van der Waals surface area contributed by atoms with Gasteiger partial charge in [0.1, 0.15) is 4.33 Å². The molecule has 1 rings (SSSR count). The first-order valence-corrected chi connectivity index (χ1v) is 4.06. The third-order valence-corrected chi connectivity index (χ3v) is 2.98. The average molecular weight is 255 g/mol. The molecule has 1 unspecified atom stereocenters. The Morgan fingerprint density at radius 2 is 1.57 bits per heavy atom. The molecular weight excluding hydrogens is 248 g/mol. The Bertz CT molecular complexity index is 237. The highest BCUT2D eigenvalue weighted by molar-refractivity contribution is 6.51. The van der Waals surface area contributed by atoms with Crippen LogP contribution in [0.3, 0.4) is 0 Å². The number of carbonyl (C=O) groups is 1. The summed E-state index contributed by atoms with van der Waals surface area (Å²) in [6.07, 6.45) is -6.32. The van der Waals surface area contributed by atoms with Gasteiger partial charge in [-0.2, -0.15) is 13.2 Å². The van der Waals surface area contributed by atoms with Crippen molar-refractivity contribution in [3.63, 3.8) is 0 Å². The van der Waals surface area contributed by atoms with Crippen LogP contribution in [0.25, 0.3) is 0 Å². The van der Waals surface area contributed by atoms with Gasteiger partial charge < -0.3 is 10.2 Å². The maximum absolute atomic E-state index is 12.0. The van der Waals surface area contributed by atoms with Gasteiger partial charge >= 0.3 is 12.3 Å². The van der Waals surface area contributed by atoms with Crippen LogP contribution in [0.1, 0.15) is 13.3 Å². The van der Waals surface area contributed by atoms with Gasteiger partial charge in [-0.25, -0.2) is 4.79 Å². The first kappa shape index (κ1) is 13.6. The molecule has 1 atom stereocenters. The fourth-order valence-electron chi connectivity index (χ4n) is 0.707. The fraction of sp³-hybridized carbons (Fsp3) is 0.833. The van der Waals surface area contributed by atoms with Gasteiger partial charge in [-0.3, -0.25) is 0 Å². The molecule has 0 saturated heterocycles. The minimum absolute atomic E-state index is 0.202. The second kappa shape index (κ2) is 3.66. The second-order valence-electron chi connectivity index (χ2n) is 2.99. The van der Waals surface area contributed by atoms with Crippen LogP contribution in [-0.4, -0.2) is 26.9 Å². The van der Waals surface area contributed by atoms with Crippen LogP contribution in [0.5, 0.6) is 0 Å². The molecule has 0 spiro atoms. The van der Waals surface area contributed by atoms with Crippen molar-refractivity contribution in [3.8, 4) is 0 Å². The number of hydrogen-bond acceptors (Lipinski definition) is 1. The summed E-state index contributed by atoms with van der Waals surface area (Å²) in [6, 6.07) is 0. The van der Waals surface area contributed by atoms with E-state index in [1.54, 1.807) is 0 Å². The molecule has 3 nitrogen and oxygen atoms in total. The molecule has 0 radical (unpaired) electrons. The fourth-order valence-corrected chi connectivity index (χ4v) is 1.46. The first-order chi connectivity index (χ1) is 5.94. The molecule has 0 amide bonds. The lowest BCUT2D eigenvalue weighted by Gasteiger charge is -2.15. The highest BCUT2D eigenvalue weighted by Crippen LogP contribution is 2.70. The molecule has 0 aromatic carbocycles. The quantitative estimate of drug-likeness (QED) is 0.652. The van der Waals surface area contributed by atoms with Gasteiger partial charge in [-0.1, -0.05) is 0 Å². The molecule has 84 valence electrons.